The standard InChI is InChI=1S/C16H13F4NO2/c1-23-13-6-3-10(4-7-13)15(22)21-9-11-2-5-12(17)8-14(11)16(18,19)20/h2-8H,9H2,1H3,(H,21,22). The summed E-state index contributed by atoms with van der Waals surface area (Å²) in [5.74, 6) is -0.966. The molecule has 23 heavy (non-hydrogen) atoms. The molecule has 0 aromatic heterocycles. The Hall–Kier alpha value is -2.57. The van der Waals surface area contributed by atoms with Crippen molar-refractivity contribution in [1.82, 2.24) is 5.32 Å². The number of carbonyl (C=O) groups is 1. The van der Waals surface area contributed by atoms with Crippen molar-refractivity contribution < 1.29 is 27.1 Å². The van der Waals surface area contributed by atoms with Gasteiger partial charge in [0.2, 0.25) is 0 Å². The van der Waals surface area contributed by atoms with Gasteiger partial charge in [0.1, 0.15) is 11.6 Å². The van der Waals surface area contributed by atoms with Gasteiger partial charge in [0.15, 0.2) is 0 Å². The number of ether oxygens (including phenoxy) is 1. The number of hydrogen-bond donors (Lipinski definition) is 1. The molecule has 0 radical (unpaired) electrons. The van der Waals surface area contributed by atoms with Crippen molar-refractivity contribution in [3.05, 3.63) is 65.0 Å². The fraction of sp³-hybridized carbons (Fsp3) is 0.188. The number of hydrogen-bond acceptors (Lipinski definition) is 2. The first-order chi connectivity index (χ1) is 10.8. The molecule has 0 saturated carbocycles. The van der Waals surface area contributed by atoms with E-state index in [0.29, 0.717) is 11.8 Å². The lowest BCUT2D eigenvalue weighted by atomic mass is 10.1. The average Bonchev–Trinajstić information content (AvgIpc) is 2.52. The molecule has 0 aliphatic carbocycles. The van der Waals surface area contributed by atoms with Gasteiger partial charge in [-0.2, -0.15) is 13.2 Å². The number of methoxy groups -OCH3 is 1. The molecule has 0 aliphatic rings. The van der Waals surface area contributed by atoms with E-state index in [1.165, 1.54) is 19.2 Å². The molecule has 1 amide bonds. The van der Waals surface area contributed by atoms with Crippen molar-refractivity contribution in [3.8, 4) is 5.75 Å². The maximum Gasteiger partial charge on any atom is 0.416 e. The van der Waals surface area contributed by atoms with E-state index in [9.17, 15) is 22.4 Å². The molecule has 2 aromatic rings. The minimum atomic E-state index is -4.69. The largest absolute Gasteiger partial charge is 0.497 e. The monoisotopic (exact) mass is 327 g/mol. The molecule has 1 N–H and O–H groups in total. The molecule has 0 atom stereocenters. The zero-order valence-electron chi connectivity index (χ0n) is 12.1. The minimum Gasteiger partial charge on any atom is -0.497 e. The van der Waals surface area contributed by atoms with Crippen LogP contribution >= 0.6 is 0 Å². The summed E-state index contributed by atoms with van der Waals surface area (Å²) >= 11 is 0. The van der Waals surface area contributed by atoms with E-state index in [0.717, 1.165) is 12.1 Å². The molecule has 0 bridgehead atoms. The number of halogens is 4. The number of nitrogens with one attached hydrogen (secondary N) is 1. The van der Waals surface area contributed by atoms with Crippen LogP contribution in [0.2, 0.25) is 0 Å². The molecule has 122 valence electrons. The van der Waals surface area contributed by atoms with Gasteiger partial charge in [-0.15, -0.1) is 0 Å². The number of benzene rings is 2. The van der Waals surface area contributed by atoms with Crippen LogP contribution in [0.25, 0.3) is 0 Å². The second kappa shape index (κ2) is 6.68. The predicted molar refractivity (Wildman–Crippen MR) is 75.6 cm³/mol. The van der Waals surface area contributed by atoms with E-state index in [2.05, 4.69) is 5.32 Å². The second-order valence-corrected chi connectivity index (χ2v) is 4.71. The molecule has 0 spiro atoms. The Labute approximate surface area is 129 Å². The van der Waals surface area contributed by atoms with Crippen LogP contribution in [0.15, 0.2) is 42.5 Å². The lowest BCUT2D eigenvalue weighted by Gasteiger charge is -2.13. The summed E-state index contributed by atoms with van der Waals surface area (Å²) < 4.78 is 56.6. The smallest absolute Gasteiger partial charge is 0.416 e. The predicted octanol–water partition coefficient (Wildman–Crippen LogP) is 3.78. The van der Waals surface area contributed by atoms with Crippen LogP contribution < -0.4 is 10.1 Å². The zero-order chi connectivity index (χ0) is 17.0. The minimum absolute atomic E-state index is 0.208. The maximum atomic E-state index is 13.0. The van der Waals surface area contributed by atoms with Crippen molar-refractivity contribution in [2.24, 2.45) is 0 Å². The number of alkyl halides is 3. The normalized spacial score (nSPS) is 11.2. The van der Waals surface area contributed by atoms with Gasteiger partial charge < -0.3 is 10.1 Å². The summed E-state index contributed by atoms with van der Waals surface area (Å²) in [7, 11) is 1.47. The lowest BCUT2D eigenvalue weighted by molar-refractivity contribution is -0.138. The fourth-order valence-corrected chi connectivity index (χ4v) is 1.99. The zero-order valence-corrected chi connectivity index (χ0v) is 12.1. The quantitative estimate of drug-likeness (QED) is 0.868. The Morgan fingerprint density at radius 3 is 2.35 bits per heavy atom. The Morgan fingerprint density at radius 2 is 1.78 bits per heavy atom. The van der Waals surface area contributed by atoms with E-state index >= 15 is 0 Å². The van der Waals surface area contributed by atoms with E-state index in [1.54, 1.807) is 12.1 Å². The van der Waals surface area contributed by atoms with Gasteiger partial charge in [0.05, 0.1) is 12.7 Å². The van der Waals surface area contributed by atoms with Gasteiger partial charge in [0, 0.05) is 12.1 Å². The van der Waals surface area contributed by atoms with Crippen LogP contribution in [-0.4, -0.2) is 13.0 Å². The number of amides is 1. The van der Waals surface area contributed by atoms with Crippen molar-refractivity contribution in [1.29, 1.82) is 0 Å². The summed E-state index contributed by atoms with van der Waals surface area (Å²) in [6, 6.07) is 8.44. The molecule has 0 aliphatic heterocycles. The van der Waals surface area contributed by atoms with Crippen LogP contribution in [-0.2, 0) is 12.7 Å². The van der Waals surface area contributed by atoms with Crippen molar-refractivity contribution in [3.63, 3.8) is 0 Å². The molecule has 7 heteroatoms. The van der Waals surface area contributed by atoms with E-state index < -0.39 is 23.5 Å². The highest BCUT2D eigenvalue weighted by atomic mass is 19.4. The third-order valence-corrected chi connectivity index (χ3v) is 3.17. The Balaban J connectivity index is 2.12. The van der Waals surface area contributed by atoms with Gasteiger partial charge in [-0.05, 0) is 42.0 Å². The van der Waals surface area contributed by atoms with E-state index in [4.69, 9.17) is 4.74 Å². The highest BCUT2D eigenvalue weighted by molar-refractivity contribution is 5.94. The van der Waals surface area contributed by atoms with Crippen LogP contribution in [0.3, 0.4) is 0 Å². The average molecular weight is 327 g/mol. The van der Waals surface area contributed by atoms with Gasteiger partial charge in [-0.1, -0.05) is 6.07 Å². The van der Waals surface area contributed by atoms with Gasteiger partial charge >= 0.3 is 6.18 Å². The van der Waals surface area contributed by atoms with Crippen molar-refractivity contribution >= 4 is 5.91 Å². The van der Waals surface area contributed by atoms with E-state index in [1.807, 2.05) is 0 Å². The van der Waals surface area contributed by atoms with Crippen molar-refractivity contribution in [2.75, 3.05) is 7.11 Å². The molecule has 0 unspecified atom stereocenters. The van der Waals surface area contributed by atoms with Crippen LogP contribution in [0.5, 0.6) is 5.75 Å². The highest BCUT2D eigenvalue weighted by Crippen LogP contribution is 2.32. The summed E-state index contributed by atoms with van der Waals surface area (Å²) in [5.41, 5.74) is -1.03. The lowest BCUT2D eigenvalue weighted by Crippen LogP contribution is -2.24. The molecular weight excluding hydrogens is 314 g/mol. The molecule has 0 fully saturated rings. The molecule has 0 saturated heterocycles. The summed E-state index contributed by atoms with van der Waals surface area (Å²) in [6.45, 7) is -0.361. The Morgan fingerprint density at radius 1 is 1.13 bits per heavy atom. The molecule has 3 nitrogen and oxygen atoms in total. The third-order valence-electron chi connectivity index (χ3n) is 3.17. The van der Waals surface area contributed by atoms with Gasteiger partial charge in [-0.3, -0.25) is 4.79 Å². The van der Waals surface area contributed by atoms with E-state index in [-0.39, 0.29) is 17.7 Å². The molecule has 2 rings (SSSR count). The third kappa shape index (κ3) is 4.21. The Kier molecular flexibility index (Phi) is 4.88. The molecule has 2 aromatic carbocycles. The SMILES string of the molecule is COc1ccc(C(=O)NCc2ccc(F)cc2C(F)(F)F)cc1. The number of rotatable bonds is 4. The maximum absolute atomic E-state index is 13.0. The summed E-state index contributed by atoms with van der Waals surface area (Å²) in [6.07, 6.45) is -4.69. The summed E-state index contributed by atoms with van der Waals surface area (Å²) in [5, 5.41) is 2.38. The molecular formula is C16H13F4NO2. The first-order valence-corrected chi connectivity index (χ1v) is 6.59. The van der Waals surface area contributed by atoms with Gasteiger partial charge in [-0.25, -0.2) is 4.39 Å². The molecule has 0 heterocycles. The van der Waals surface area contributed by atoms with Crippen LogP contribution in [0, 0.1) is 5.82 Å². The fourth-order valence-electron chi connectivity index (χ4n) is 1.99. The first kappa shape index (κ1) is 16.8. The Bertz CT molecular complexity index is 696. The van der Waals surface area contributed by atoms with Crippen molar-refractivity contribution in [2.45, 2.75) is 12.7 Å². The summed E-state index contributed by atoms with van der Waals surface area (Å²) in [4.78, 5) is 11.9. The second-order valence-electron chi connectivity index (χ2n) is 4.71. The van der Waals surface area contributed by atoms with Crippen LogP contribution in [0.4, 0.5) is 17.6 Å². The van der Waals surface area contributed by atoms with Gasteiger partial charge in [0.25, 0.3) is 5.91 Å². The van der Waals surface area contributed by atoms with Crippen LogP contribution in [0.1, 0.15) is 21.5 Å². The topological polar surface area (TPSA) is 38.3 Å². The highest BCUT2D eigenvalue weighted by Gasteiger charge is 2.33. The number of carbonyl (C=O) groups excluding carboxylic acids is 1. The first-order valence-electron chi connectivity index (χ1n) is 6.59.